The van der Waals surface area contributed by atoms with Gasteiger partial charge in [0.1, 0.15) is 11.6 Å². The molecule has 0 bridgehead atoms. The summed E-state index contributed by atoms with van der Waals surface area (Å²) >= 11 is 0. The highest BCUT2D eigenvalue weighted by molar-refractivity contribution is 6.08. The van der Waals surface area contributed by atoms with Crippen LogP contribution in [-0.2, 0) is 33.4 Å². The van der Waals surface area contributed by atoms with E-state index in [-0.39, 0.29) is 29.0 Å². The molecule has 1 atom stereocenters. The molecular formula is C25H26FN3O11. The number of nitrogens with one attached hydrogen (secondary N) is 1. The topological polar surface area (TPSA) is 210 Å². The summed E-state index contributed by atoms with van der Waals surface area (Å²) in [5.74, 6) is -16.4. The van der Waals surface area contributed by atoms with Gasteiger partial charge < -0.3 is 45.0 Å². The van der Waals surface area contributed by atoms with Gasteiger partial charge in [-0.3, -0.25) is 24.6 Å². The lowest BCUT2D eigenvalue weighted by Gasteiger charge is -2.44. The minimum Gasteiger partial charge on any atom is -0.435 e. The molecule has 0 aliphatic carbocycles. The molecule has 2 aromatic rings. The molecule has 214 valence electrons. The molecule has 2 aromatic carbocycles. The lowest BCUT2D eigenvalue weighted by atomic mass is 9.90. The number of benzene rings is 2. The van der Waals surface area contributed by atoms with E-state index >= 15 is 4.39 Å². The Labute approximate surface area is 225 Å². The van der Waals surface area contributed by atoms with Crippen LogP contribution >= 0.6 is 0 Å². The van der Waals surface area contributed by atoms with Crippen LogP contribution in [0.5, 0.6) is 5.75 Å². The molecule has 0 aromatic heterocycles. The van der Waals surface area contributed by atoms with E-state index in [4.69, 9.17) is 9.47 Å². The van der Waals surface area contributed by atoms with Gasteiger partial charge in [0.15, 0.2) is 6.04 Å². The summed E-state index contributed by atoms with van der Waals surface area (Å²) in [6.07, 6.45) is 0. The number of hydrogen-bond acceptors (Lipinski definition) is 12. The van der Waals surface area contributed by atoms with E-state index in [9.17, 15) is 45.0 Å². The Morgan fingerprint density at radius 3 is 2.42 bits per heavy atom. The van der Waals surface area contributed by atoms with Crippen molar-refractivity contribution in [3.8, 4) is 5.75 Å². The van der Waals surface area contributed by atoms with Gasteiger partial charge in [0.05, 0.1) is 25.3 Å². The van der Waals surface area contributed by atoms with Crippen LogP contribution in [0.2, 0.25) is 0 Å². The first-order valence-electron chi connectivity index (χ1n) is 12.1. The maximum absolute atomic E-state index is 15.4. The highest BCUT2D eigenvalue weighted by Gasteiger charge is 2.67. The third kappa shape index (κ3) is 4.51. The maximum atomic E-state index is 15.4. The highest BCUT2D eigenvalue weighted by Crippen LogP contribution is 2.39. The molecule has 0 spiro atoms. The Bertz CT molecular complexity index is 1370. The van der Waals surface area contributed by atoms with Crippen LogP contribution in [0.4, 0.5) is 4.39 Å². The highest BCUT2D eigenvalue weighted by atomic mass is 19.1. The lowest BCUT2D eigenvalue weighted by Crippen LogP contribution is -2.79. The second kappa shape index (κ2) is 9.83. The number of halogens is 1. The molecule has 40 heavy (non-hydrogen) atoms. The third-order valence-corrected chi connectivity index (χ3v) is 7.14. The summed E-state index contributed by atoms with van der Waals surface area (Å²) in [5, 5.41) is 63.7. The van der Waals surface area contributed by atoms with E-state index in [0.717, 1.165) is 6.07 Å². The second-order valence-electron chi connectivity index (χ2n) is 9.71. The van der Waals surface area contributed by atoms with Crippen LogP contribution in [-0.4, -0.2) is 102 Å². The zero-order valence-corrected chi connectivity index (χ0v) is 20.8. The number of ether oxygens (including phenoxy) is 2. The monoisotopic (exact) mass is 563 g/mol. The molecule has 2 saturated heterocycles. The summed E-state index contributed by atoms with van der Waals surface area (Å²) < 4.78 is 26.0. The van der Waals surface area contributed by atoms with Crippen molar-refractivity contribution < 1.29 is 58.9 Å². The van der Waals surface area contributed by atoms with Gasteiger partial charge in [-0.15, -0.1) is 0 Å². The summed E-state index contributed by atoms with van der Waals surface area (Å²) in [5.41, 5.74) is -0.673. The normalized spacial score (nSPS) is 22.7. The summed E-state index contributed by atoms with van der Waals surface area (Å²) in [4.78, 5) is 39.8. The molecule has 3 aliphatic heterocycles. The molecule has 3 aliphatic rings. The Balaban J connectivity index is 1.42. The minimum atomic E-state index is -3.85. The van der Waals surface area contributed by atoms with Crippen LogP contribution in [0.25, 0.3) is 0 Å². The number of carbonyl (C=O) groups excluding carboxylic acids is 3. The fourth-order valence-corrected chi connectivity index (χ4v) is 4.96. The van der Waals surface area contributed by atoms with Crippen molar-refractivity contribution in [3.05, 3.63) is 64.5 Å². The van der Waals surface area contributed by atoms with E-state index in [1.54, 1.807) is 5.32 Å². The largest absolute Gasteiger partial charge is 0.435 e. The smallest absolute Gasteiger partial charge is 0.354 e. The van der Waals surface area contributed by atoms with E-state index in [0.29, 0.717) is 31.2 Å². The van der Waals surface area contributed by atoms with E-state index in [1.165, 1.54) is 30.3 Å². The number of carbonyl (C=O) groups is 3. The number of nitrogens with zero attached hydrogens (tertiary/aromatic N) is 2. The number of imide groups is 1. The van der Waals surface area contributed by atoms with Gasteiger partial charge in [-0.25, -0.2) is 4.39 Å². The number of hydrogen-bond donors (Lipinski definition) is 7. The number of rotatable bonds is 6. The Kier molecular flexibility index (Phi) is 6.88. The molecule has 3 amide bonds. The van der Waals surface area contributed by atoms with Gasteiger partial charge in [0, 0.05) is 36.3 Å². The molecule has 14 nitrogen and oxygen atoms in total. The van der Waals surface area contributed by atoms with E-state index < -0.39 is 59.2 Å². The molecule has 1 unspecified atom stereocenters. The molecule has 5 rings (SSSR count). The first-order chi connectivity index (χ1) is 18.8. The molecule has 3 heterocycles. The summed E-state index contributed by atoms with van der Waals surface area (Å²) in [7, 11) is 0. The average molecular weight is 563 g/mol. The van der Waals surface area contributed by atoms with Crippen LogP contribution in [0, 0.1) is 5.82 Å². The fourth-order valence-electron chi connectivity index (χ4n) is 4.96. The Hall–Kier alpha value is -3.54. The van der Waals surface area contributed by atoms with Crippen LogP contribution < -0.4 is 10.1 Å². The van der Waals surface area contributed by atoms with Crippen molar-refractivity contribution in [2.24, 2.45) is 0 Å². The number of fused-ring (bicyclic) bond motifs is 1. The predicted molar refractivity (Wildman–Crippen MR) is 127 cm³/mol. The maximum Gasteiger partial charge on any atom is 0.354 e. The van der Waals surface area contributed by atoms with Crippen molar-refractivity contribution in [3.63, 3.8) is 0 Å². The first kappa shape index (κ1) is 28.0. The van der Waals surface area contributed by atoms with Crippen LogP contribution in [0.15, 0.2) is 36.4 Å². The van der Waals surface area contributed by atoms with Gasteiger partial charge in [-0.2, -0.15) is 0 Å². The molecule has 2 fully saturated rings. The van der Waals surface area contributed by atoms with Gasteiger partial charge in [-0.05, 0) is 18.2 Å². The van der Waals surface area contributed by atoms with Crippen molar-refractivity contribution in [1.29, 1.82) is 0 Å². The van der Waals surface area contributed by atoms with Gasteiger partial charge >= 0.3 is 11.8 Å². The fraction of sp³-hybridized carbons (Fsp3) is 0.400. The number of piperidine rings is 1. The molecular weight excluding hydrogens is 537 g/mol. The van der Waals surface area contributed by atoms with Crippen molar-refractivity contribution in [1.82, 2.24) is 15.1 Å². The summed E-state index contributed by atoms with van der Waals surface area (Å²) in [6.45, 7) is 1.64. The van der Waals surface area contributed by atoms with Gasteiger partial charge in [-0.1, -0.05) is 18.2 Å². The zero-order chi connectivity index (χ0) is 29.0. The predicted octanol–water partition coefficient (Wildman–Crippen LogP) is -2.83. The van der Waals surface area contributed by atoms with E-state index in [2.05, 4.69) is 0 Å². The Morgan fingerprint density at radius 2 is 1.73 bits per heavy atom. The van der Waals surface area contributed by atoms with E-state index in [1.807, 2.05) is 4.90 Å². The zero-order valence-electron chi connectivity index (χ0n) is 20.8. The van der Waals surface area contributed by atoms with Gasteiger partial charge in [0.25, 0.3) is 23.5 Å². The van der Waals surface area contributed by atoms with Crippen LogP contribution in [0.3, 0.4) is 0 Å². The first-order valence-corrected chi connectivity index (χ1v) is 12.1. The molecule has 15 heteroatoms. The molecule has 0 radical (unpaired) electrons. The quantitative estimate of drug-likeness (QED) is 0.140. The second-order valence-corrected chi connectivity index (χ2v) is 9.71. The Morgan fingerprint density at radius 1 is 1.05 bits per heavy atom. The SMILES string of the molecule is O=C1NC(=O)C(O)(O)C(O)(O)C1N1Cc2c(OC(O)(O)c3cccc(CN4CCOCC4)c3F)cccc2C1=O. The number of aliphatic hydroxyl groups is 6. The minimum absolute atomic E-state index is 0.0631. The van der Waals surface area contributed by atoms with Crippen molar-refractivity contribution in [2.75, 3.05) is 26.3 Å². The standard InChI is InChI=1S/C25H26FN3O11/c26-18-13(11-28-7-9-39-10-8-28)3-1-5-16(18)25(37,38)40-17-6-2-4-14-15(17)12-29(21(14)31)19-20(30)27-22(32)24(35,36)23(19,33)34/h1-6,19,33-38H,7-12H2,(H,27,30,32). The molecule has 7 N–H and O–H groups in total. The lowest BCUT2D eigenvalue weighted by molar-refractivity contribution is -0.355. The van der Waals surface area contributed by atoms with Crippen LogP contribution in [0.1, 0.15) is 27.0 Å². The number of amides is 3. The van der Waals surface area contributed by atoms with Crippen molar-refractivity contribution in [2.45, 2.75) is 36.7 Å². The number of morpholine rings is 1. The van der Waals surface area contributed by atoms with Crippen molar-refractivity contribution >= 4 is 17.7 Å². The van der Waals surface area contributed by atoms with Gasteiger partial charge in [0.2, 0.25) is 0 Å². The summed E-state index contributed by atoms with van der Waals surface area (Å²) in [6, 6.07) is 5.42. The average Bonchev–Trinajstić information content (AvgIpc) is 3.21. The third-order valence-electron chi connectivity index (χ3n) is 7.14. The molecule has 0 saturated carbocycles.